The molecule has 1 aromatic carbocycles. The van der Waals surface area contributed by atoms with Crippen LogP contribution in [-0.4, -0.2) is 15.6 Å². The van der Waals surface area contributed by atoms with Crippen LogP contribution in [0.3, 0.4) is 0 Å². The summed E-state index contributed by atoms with van der Waals surface area (Å²) < 4.78 is 1.44. The van der Waals surface area contributed by atoms with Gasteiger partial charge in [-0.3, -0.25) is 5.43 Å². The number of hydrogen-bond donors (Lipinski definition) is 2. The fourth-order valence-electron chi connectivity index (χ4n) is 1.47. The summed E-state index contributed by atoms with van der Waals surface area (Å²) in [6.45, 7) is 1.76. The lowest BCUT2D eigenvalue weighted by Crippen LogP contribution is -2.34. The second-order valence-electron chi connectivity index (χ2n) is 2.93. The van der Waals surface area contributed by atoms with Gasteiger partial charge in [-0.15, -0.1) is 0 Å². The van der Waals surface area contributed by atoms with Gasteiger partial charge < -0.3 is 0 Å². The van der Waals surface area contributed by atoms with Crippen molar-refractivity contribution in [2.75, 3.05) is 0 Å². The molecule has 72 valence electrons. The van der Waals surface area contributed by atoms with E-state index in [0.29, 0.717) is 5.82 Å². The Morgan fingerprint density at radius 1 is 1.50 bits per heavy atom. The molecule has 0 aliphatic heterocycles. The molecule has 0 bridgehead atoms. The second kappa shape index (κ2) is 3.12. The third-order valence-corrected chi connectivity index (χ3v) is 2.06. The van der Waals surface area contributed by atoms with E-state index in [1.54, 1.807) is 6.92 Å². The van der Waals surface area contributed by atoms with Crippen molar-refractivity contribution in [1.29, 1.82) is 0 Å². The number of nitrogens with one attached hydrogen (secondary N) is 1. The zero-order valence-corrected chi connectivity index (χ0v) is 7.69. The van der Waals surface area contributed by atoms with E-state index in [2.05, 4.69) is 10.4 Å². The molecular formula is C9H10N4O. The van der Waals surface area contributed by atoms with Crippen LogP contribution in [0, 0.1) is 6.92 Å². The maximum Gasteiger partial charge on any atom is 0.341 e. The number of carbonyl (C=O) groups is 1. The summed E-state index contributed by atoms with van der Waals surface area (Å²) in [4.78, 5) is 15.6. The topological polar surface area (TPSA) is 72.9 Å². The highest BCUT2D eigenvalue weighted by molar-refractivity contribution is 5.89. The number of aryl methyl sites for hydroxylation is 1. The first-order valence-corrected chi connectivity index (χ1v) is 4.19. The van der Waals surface area contributed by atoms with Crippen LogP contribution < -0.4 is 11.3 Å². The van der Waals surface area contributed by atoms with Crippen LogP contribution in [0.1, 0.15) is 5.82 Å². The minimum atomic E-state index is -0.379. The molecule has 1 aromatic heterocycles. The van der Waals surface area contributed by atoms with Crippen molar-refractivity contribution in [3.63, 3.8) is 0 Å². The molecule has 1 heterocycles. The number of nitrogens with zero attached hydrogens (tertiary/aromatic N) is 2. The number of amides is 1. The van der Waals surface area contributed by atoms with Gasteiger partial charge in [0.15, 0.2) is 0 Å². The van der Waals surface area contributed by atoms with Crippen molar-refractivity contribution in [3.8, 4) is 0 Å². The number of aromatic nitrogens is 2. The van der Waals surface area contributed by atoms with Crippen molar-refractivity contribution in [2.24, 2.45) is 5.84 Å². The SMILES string of the molecule is Cc1nc2ccccc2n1C(=O)NN. The van der Waals surface area contributed by atoms with Gasteiger partial charge in [-0.2, -0.15) is 0 Å². The van der Waals surface area contributed by atoms with E-state index >= 15 is 0 Å². The molecule has 0 saturated heterocycles. The number of hydrazine groups is 1. The monoisotopic (exact) mass is 190 g/mol. The van der Waals surface area contributed by atoms with Gasteiger partial charge in [0.1, 0.15) is 5.82 Å². The number of nitrogens with two attached hydrogens (primary N) is 1. The highest BCUT2D eigenvalue weighted by Gasteiger charge is 2.11. The number of nitrogen functional groups attached to an aromatic ring is 1. The Balaban J connectivity index is 2.74. The van der Waals surface area contributed by atoms with Gasteiger partial charge in [0.2, 0.25) is 0 Å². The normalized spacial score (nSPS) is 10.4. The number of carbonyl (C=O) groups excluding carboxylic acids is 1. The Kier molecular flexibility index (Phi) is 1.94. The van der Waals surface area contributed by atoms with E-state index in [1.165, 1.54) is 4.57 Å². The molecule has 0 fully saturated rings. The first-order chi connectivity index (χ1) is 6.74. The predicted octanol–water partition coefficient (Wildman–Crippen LogP) is 0.776. The fraction of sp³-hybridized carbons (Fsp3) is 0.111. The van der Waals surface area contributed by atoms with Crippen molar-refractivity contribution in [3.05, 3.63) is 30.1 Å². The standard InChI is InChI=1S/C9H10N4O/c1-6-11-7-4-2-3-5-8(7)13(6)9(14)12-10/h2-5H,10H2,1H3,(H,12,14). The number of hydrogen-bond acceptors (Lipinski definition) is 3. The lowest BCUT2D eigenvalue weighted by Gasteiger charge is -2.02. The Bertz CT molecular complexity index is 489. The zero-order valence-electron chi connectivity index (χ0n) is 7.69. The second-order valence-corrected chi connectivity index (χ2v) is 2.93. The highest BCUT2D eigenvalue weighted by atomic mass is 16.2. The average molecular weight is 190 g/mol. The first-order valence-electron chi connectivity index (χ1n) is 4.19. The molecule has 2 aromatic rings. The smallest absolute Gasteiger partial charge is 0.275 e. The third kappa shape index (κ3) is 1.14. The van der Waals surface area contributed by atoms with E-state index in [4.69, 9.17) is 5.84 Å². The largest absolute Gasteiger partial charge is 0.341 e. The summed E-state index contributed by atoms with van der Waals surface area (Å²) in [6.07, 6.45) is 0. The molecule has 5 heteroatoms. The molecule has 5 nitrogen and oxygen atoms in total. The maximum atomic E-state index is 11.4. The van der Waals surface area contributed by atoms with Gasteiger partial charge in [0, 0.05) is 0 Å². The number of benzene rings is 1. The van der Waals surface area contributed by atoms with Gasteiger partial charge in [-0.1, -0.05) is 12.1 Å². The van der Waals surface area contributed by atoms with Gasteiger partial charge in [0.05, 0.1) is 11.0 Å². The van der Waals surface area contributed by atoms with Gasteiger partial charge in [0.25, 0.3) is 0 Å². The van der Waals surface area contributed by atoms with Crippen LogP contribution in [0.25, 0.3) is 11.0 Å². The maximum absolute atomic E-state index is 11.4. The lowest BCUT2D eigenvalue weighted by atomic mass is 10.3. The molecule has 3 N–H and O–H groups in total. The minimum absolute atomic E-state index is 0.379. The third-order valence-electron chi connectivity index (χ3n) is 2.06. The van der Waals surface area contributed by atoms with E-state index in [-0.39, 0.29) is 6.03 Å². The Labute approximate surface area is 80.5 Å². The lowest BCUT2D eigenvalue weighted by molar-refractivity contribution is 0.243. The van der Waals surface area contributed by atoms with Crippen molar-refractivity contribution in [2.45, 2.75) is 6.92 Å². The van der Waals surface area contributed by atoms with Crippen LogP contribution in [-0.2, 0) is 0 Å². The quantitative estimate of drug-likeness (QED) is 0.366. The van der Waals surface area contributed by atoms with Crippen LogP contribution in [0.15, 0.2) is 24.3 Å². The number of fused-ring (bicyclic) bond motifs is 1. The van der Waals surface area contributed by atoms with E-state index < -0.39 is 0 Å². The zero-order chi connectivity index (χ0) is 10.1. The van der Waals surface area contributed by atoms with Crippen LogP contribution in [0.2, 0.25) is 0 Å². The Hall–Kier alpha value is -1.88. The molecule has 0 atom stereocenters. The molecule has 0 aliphatic carbocycles. The molecule has 2 rings (SSSR count). The average Bonchev–Trinajstić information content (AvgIpc) is 2.53. The predicted molar refractivity (Wildman–Crippen MR) is 52.6 cm³/mol. The van der Waals surface area contributed by atoms with Crippen molar-refractivity contribution in [1.82, 2.24) is 15.0 Å². The van der Waals surface area contributed by atoms with Crippen molar-refractivity contribution >= 4 is 17.1 Å². The number of rotatable bonds is 0. The van der Waals surface area contributed by atoms with Gasteiger partial charge >= 0.3 is 6.03 Å². The summed E-state index contributed by atoms with van der Waals surface area (Å²) >= 11 is 0. The minimum Gasteiger partial charge on any atom is -0.275 e. The molecule has 0 spiro atoms. The summed E-state index contributed by atoms with van der Waals surface area (Å²) in [5, 5.41) is 0. The van der Waals surface area contributed by atoms with Gasteiger partial charge in [-0.25, -0.2) is 20.2 Å². The molecule has 0 saturated carbocycles. The summed E-state index contributed by atoms with van der Waals surface area (Å²) in [5.41, 5.74) is 3.63. The molecule has 0 aliphatic rings. The van der Waals surface area contributed by atoms with Crippen LogP contribution >= 0.6 is 0 Å². The van der Waals surface area contributed by atoms with Crippen LogP contribution in [0.4, 0.5) is 4.79 Å². The molecular weight excluding hydrogens is 180 g/mol. The Morgan fingerprint density at radius 3 is 2.93 bits per heavy atom. The molecule has 0 unspecified atom stereocenters. The molecule has 14 heavy (non-hydrogen) atoms. The summed E-state index contributed by atoms with van der Waals surface area (Å²) in [5.74, 6) is 5.69. The number of para-hydroxylation sites is 2. The van der Waals surface area contributed by atoms with Crippen molar-refractivity contribution < 1.29 is 4.79 Å². The fourth-order valence-corrected chi connectivity index (χ4v) is 1.47. The summed E-state index contributed by atoms with van der Waals surface area (Å²) in [6, 6.07) is 7.02. The first kappa shape index (κ1) is 8.71. The molecule has 1 amide bonds. The molecule has 0 radical (unpaired) electrons. The van der Waals surface area contributed by atoms with E-state index in [9.17, 15) is 4.79 Å². The number of imidazole rings is 1. The summed E-state index contributed by atoms with van der Waals surface area (Å²) in [7, 11) is 0. The van der Waals surface area contributed by atoms with Gasteiger partial charge in [-0.05, 0) is 19.1 Å². The highest BCUT2D eigenvalue weighted by Crippen LogP contribution is 2.14. The van der Waals surface area contributed by atoms with Crippen LogP contribution in [0.5, 0.6) is 0 Å². The van der Waals surface area contributed by atoms with E-state index in [1.807, 2.05) is 24.3 Å². The van der Waals surface area contributed by atoms with E-state index in [0.717, 1.165) is 11.0 Å². The Morgan fingerprint density at radius 2 is 2.21 bits per heavy atom.